The van der Waals surface area contributed by atoms with Gasteiger partial charge in [0.2, 0.25) is 0 Å². The number of rotatable bonds is 6. The molecule has 0 bridgehead atoms. The van der Waals surface area contributed by atoms with Crippen LogP contribution in [0, 0.1) is 10.1 Å². The van der Waals surface area contributed by atoms with E-state index < -0.39 is 4.92 Å². The number of hydrogen-bond acceptors (Lipinski definition) is 3. The monoisotopic (exact) mass is 335 g/mol. The van der Waals surface area contributed by atoms with E-state index in [0.29, 0.717) is 12.4 Å². The summed E-state index contributed by atoms with van der Waals surface area (Å²) in [7, 11) is 0. The van der Waals surface area contributed by atoms with Gasteiger partial charge in [-0.3, -0.25) is 10.1 Å². The number of halogens is 1. The van der Waals surface area contributed by atoms with Gasteiger partial charge in [-0.15, -0.1) is 0 Å². The first-order valence-corrected chi connectivity index (χ1v) is 7.33. The van der Waals surface area contributed by atoms with Crippen molar-refractivity contribution in [3.05, 3.63) is 69.8 Å². The second kappa shape index (κ2) is 7.05. The zero-order valence-electron chi connectivity index (χ0n) is 10.8. The van der Waals surface area contributed by atoms with Gasteiger partial charge in [-0.05, 0) is 23.6 Å². The molecule has 4 nitrogen and oxygen atoms in total. The molecule has 0 aliphatic heterocycles. The van der Waals surface area contributed by atoms with Gasteiger partial charge in [0.1, 0.15) is 6.61 Å². The Morgan fingerprint density at radius 1 is 1.10 bits per heavy atom. The molecule has 2 aromatic rings. The van der Waals surface area contributed by atoms with E-state index in [4.69, 9.17) is 4.74 Å². The molecule has 5 heteroatoms. The molecule has 2 rings (SSSR count). The Morgan fingerprint density at radius 3 is 2.50 bits per heavy atom. The highest BCUT2D eigenvalue weighted by molar-refractivity contribution is 9.09. The number of ether oxygens (including phenoxy) is 1. The molecule has 104 valence electrons. The van der Waals surface area contributed by atoms with Gasteiger partial charge in [0, 0.05) is 11.4 Å². The lowest BCUT2D eigenvalue weighted by atomic mass is 10.1. The molecule has 0 unspecified atom stereocenters. The van der Waals surface area contributed by atoms with E-state index in [-0.39, 0.29) is 5.69 Å². The Balaban J connectivity index is 2.16. The van der Waals surface area contributed by atoms with E-state index in [9.17, 15) is 10.1 Å². The lowest BCUT2D eigenvalue weighted by molar-refractivity contribution is -0.386. The molecular weight excluding hydrogens is 322 g/mol. The van der Waals surface area contributed by atoms with Gasteiger partial charge in [-0.2, -0.15) is 0 Å². The van der Waals surface area contributed by atoms with Gasteiger partial charge in [-0.1, -0.05) is 52.3 Å². The van der Waals surface area contributed by atoms with Crippen molar-refractivity contribution in [2.45, 2.75) is 13.0 Å². The molecule has 0 spiro atoms. The van der Waals surface area contributed by atoms with Crippen molar-refractivity contribution < 1.29 is 9.66 Å². The Labute approximate surface area is 125 Å². The number of hydrogen-bond donors (Lipinski definition) is 0. The minimum atomic E-state index is -0.405. The first-order valence-electron chi connectivity index (χ1n) is 6.20. The maximum atomic E-state index is 11.1. The van der Waals surface area contributed by atoms with Crippen molar-refractivity contribution in [3.63, 3.8) is 0 Å². The molecule has 0 aliphatic carbocycles. The molecule has 0 aromatic heterocycles. The summed E-state index contributed by atoms with van der Waals surface area (Å²) in [5.41, 5.74) is 1.91. The van der Waals surface area contributed by atoms with Crippen molar-refractivity contribution in [3.8, 4) is 5.75 Å². The van der Waals surface area contributed by atoms with E-state index in [1.54, 1.807) is 12.1 Å². The van der Waals surface area contributed by atoms with Crippen LogP contribution >= 0.6 is 15.9 Å². The van der Waals surface area contributed by atoms with Gasteiger partial charge in [0.15, 0.2) is 5.75 Å². The van der Waals surface area contributed by atoms with Crippen LogP contribution in [0.25, 0.3) is 0 Å². The summed E-state index contributed by atoms with van der Waals surface area (Å²) in [6.45, 7) is 0.319. The van der Waals surface area contributed by atoms with Crippen LogP contribution in [0.1, 0.15) is 11.1 Å². The summed E-state index contributed by atoms with van der Waals surface area (Å²) in [5, 5.41) is 11.9. The molecule has 0 saturated carbocycles. The smallest absolute Gasteiger partial charge is 0.311 e. The molecular formula is C15H14BrNO3. The zero-order valence-corrected chi connectivity index (χ0v) is 12.4. The van der Waals surface area contributed by atoms with Crippen LogP contribution in [0.3, 0.4) is 0 Å². The minimum Gasteiger partial charge on any atom is -0.482 e. The Kier molecular flexibility index (Phi) is 5.12. The van der Waals surface area contributed by atoms with E-state index in [2.05, 4.69) is 15.9 Å². The predicted octanol–water partition coefficient (Wildman–Crippen LogP) is 4.11. The van der Waals surface area contributed by atoms with Crippen molar-refractivity contribution in [2.24, 2.45) is 0 Å². The fourth-order valence-electron chi connectivity index (χ4n) is 1.83. The molecule has 0 fully saturated rings. The largest absolute Gasteiger partial charge is 0.482 e. The molecule has 0 radical (unpaired) electrons. The Morgan fingerprint density at radius 2 is 1.85 bits per heavy atom. The average Bonchev–Trinajstić information content (AvgIpc) is 2.47. The fourth-order valence-corrected chi connectivity index (χ4v) is 2.29. The van der Waals surface area contributed by atoms with Crippen molar-refractivity contribution in [1.82, 2.24) is 0 Å². The third-order valence-corrected chi connectivity index (χ3v) is 3.24. The average molecular weight is 336 g/mol. The number of nitrogens with zero attached hydrogens (tertiary/aromatic N) is 1. The van der Waals surface area contributed by atoms with E-state index in [0.717, 1.165) is 22.9 Å². The van der Waals surface area contributed by atoms with Gasteiger partial charge in [0.05, 0.1) is 4.92 Å². The van der Waals surface area contributed by atoms with Crippen LogP contribution in [0.5, 0.6) is 5.75 Å². The zero-order chi connectivity index (χ0) is 14.4. The number of aryl methyl sites for hydroxylation is 1. The lowest BCUT2D eigenvalue weighted by Crippen LogP contribution is -2.00. The standard InChI is InChI=1S/C15H14BrNO3/c16-9-8-12-6-7-15(14(10-12)17(18)19)20-11-13-4-2-1-3-5-13/h1-7,10H,8-9,11H2. The predicted molar refractivity (Wildman–Crippen MR) is 81.4 cm³/mol. The normalized spacial score (nSPS) is 10.2. The summed E-state index contributed by atoms with van der Waals surface area (Å²) < 4.78 is 5.56. The SMILES string of the molecule is O=[N+]([O-])c1cc(CCBr)ccc1OCc1ccccc1. The number of alkyl halides is 1. The van der Waals surface area contributed by atoms with Crippen molar-refractivity contribution in [2.75, 3.05) is 5.33 Å². The summed E-state index contributed by atoms with van der Waals surface area (Å²) in [4.78, 5) is 10.7. The van der Waals surface area contributed by atoms with Crippen molar-refractivity contribution in [1.29, 1.82) is 0 Å². The molecule has 0 amide bonds. The third-order valence-electron chi connectivity index (χ3n) is 2.84. The van der Waals surface area contributed by atoms with Gasteiger partial charge >= 0.3 is 5.69 Å². The van der Waals surface area contributed by atoms with Gasteiger partial charge in [0.25, 0.3) is 0 Å². The van der Waals surface area contributed by atoms with Crippen LogP contribution in [0.2, 0.25) is 0 Å². The van der Waals surface area contributed by atoms with Gasteiger partial charge < -0.3 is 4.74 Å². The van der Waals surface area contributed by atoms with Crippen LogP contribution in [0.4, 0.5) is 5.69 Å². The number of nitro benzene ring substituents is 1. The Hall–Kier alpha value is -1.88. The van der Waals surface area contributed by atoms with Crippen LogP contribution in [0.15, 0.2) is 48.5 Å². The van der Waals surface area contributed by atoms with E-state index >= 15 is 0 Å². The maximum Gasteiger partial charge on any atom is 0.311 e. The molecule has 20 heavy (non-hydrogen) atoms. The summed E-state index contributed by atoms with van der Waals surface area (Å²) in [5.74, 6) is 0.303. The van der Waals surface area contributed by atoms with E-state index in [1.165, 1.54) is 0 Å². The molecule has 0 N–H and O–H groups in total. The maximum absolute atomic E-state index is 11.1. The fraction of sp³-hybridized carbons (Fsp3) is 0.200. The topological polar surface area (TPSA) is 52.4 Å². The number of nitro groups is 1. The second-order valence-corrected chi connectivity index (χ2v) is 5.07. The molecule has 0 aliphatic rings. The molecule has 2 aromatic carbocycles. The van der Waals surface area contributed by atoms with Crippen molar-refractivity contribution >= 4 is 21.6 Å². The first kappa shape index (κ1) is 14.5. The number of benzene rings is 2. The van der Waals surface area contributed by atoms with Crippen LogP contribution in [-0.2, 0) is 13.0 Å². The highest BCUT2D eigenvalue weighted by Crippen LogP contribution is 2.29. The summed E-state index contributed by atoms with van der Waals surface area (Å²) in [6.07, 6.45) is 0.750. The molecule has 0 saturated heterocycles. The van der Waals surface area contributed by atoms with Crippen LogP contribution in [-0.4, -0.2) is 10.3 Å². The van der Waals surface area contributed by atoms with E-state index in [1.807, 2.05) is 36.4 Å². The third kappa shape index (κ3) is 3.81. The highest BCUT2D eigenvalue weighted by atomic mass is 79.9. The highest BCUT2D eigenvalue weighted by Gasteiger charge is 2.15. The quantitative estimate of drug-likeness (QED) is 0.453. The molecule has 0 atom stereocenters. The Bertz CT molecular complexity index is 587. The lowest BCUT2D eigenvalue weighted by Gasteiger charge is -2.08. The first-order chi connectivity index (χ1) is 9.70. The minimum absolute atomic E-state index is 0.0133. The van der Waals surface area contributed by atoms with Crippen LogP contribution < -0.4 is 4.74 Å². The molecule has 0 heterocycles. The second-order valence-electron chi connectivity index (χ2n) is 4.27. The van der Waals surface area contributed by atoms with Gasteiger partial charge in [-0.25, -0.2) is 0 Å². The summed E-state index contributed by atoms with van der Waals surface area (Å²) >= 11 is 3.33. The summed E-state index contributed by atoms with van der Waals surface area (Å²) in [6, 6.07) is 14.7.